The van der Waals surface area contributed by atoms with Gasteiger partial charge in [0.2, 0.25) is 0 Å². The number of carbonyl (C=O) groups is 1. The van der Waals surface area contributed by atoms with Crippen LogP contribution in [0.1, 0.15) is 35.3 Å². The summed E-state index contributed by atoms with van der Waals surface area (Å²) in [5.41, 5.74) is 3.28. The molecule has 0 saturated heterocycles. The van der Waals surface area contributed by atoms with Crippen molar-refractivity contribution >= 4 is 23.2 Å². The van der Waals surface area contributed by atoms with E-state index in [2.05, 4.69) is 5.32 Å². The highest BCUT2D eigenvalue weighted by Gasteiger charge is 2.16. The summed E-state index contributed by atoms with van der Waals surface area (Å²) in [6, 6.07) is 9.16. The van der Waals surface area contributed by atoms with Crippen molar-refractivity contribution in [2.24, 2.45) is 0 Å². The lowest BCUT2D eigenvalue weighted by molar-refractivity contribution is 0.102. The quantitative estimate of drug-likeness (QED) is 0.799. The number of aryl methyl sites for hydroxylation is 2. The van der Waals surface area contributed by atoms with Gasteiger partial charge in [-0.2, -0.15) is 0 Å². The Morgan fingerprint density at radius 1 is 1.08 bits per heavy atom. The SMILES string of the molecule is CCOc1cc(C(=O)Nc2cc(C)ccc2C)cc(Cl)c1OCC. The van der Waals surface area contributed by atoms with E-state index in [1.54, 1.807) is 12.1 Å². The smallest absolute Gasteiger partial charge is 0.255 e. The lowest BCUT2D eigenvalue weighted by Crippen LogP contribution is -2.13. The van der Waals surface area contributed by atoms with Crippen molar-refractivity contribution in [2.75, 3.05) is 18.5 Å². The van der Waals surface area contributed by atoms with E-state index < -0.39 is 0 Å². The summed E-state index contributed by atoms with van der Waals surface area (Å²) >= 11 is 6.27. The van der Waals surface area contributed by atoms with E-state index in [1.807, 2.05) is 45.9 Å². The van der Waals surface area contributed by atoms with Crippen LogP contribution in [0.3, 0.4) is 0 Å². The average Bonchev–Trinajstić information content (AvgIpc) is 2.54. The van der Waals surface area contributed by atoms with E-state index >= 15 is 0 Å². The minimum absolute atomic E-state index is 0.241. The summed E-state index contributed by atoms with van der Waals surface area (Å²) in [5.74, 6) is 0.692. The third-order valence-corrected chi connectivity index (χ3v) is 3.78. The molecule has 0 atom stereocenters. The van der Waals surface area contributed by atoms with E-state index in [1.165, 1.54) is 0 Å². The van der Waals surface area contributed by atoms with Gasteiger partial charge < -0.3 is 14.8 Å². The lowest BCUT2D eigenvalue weighted by atomic mass is 10.1. The highest BCUT2D eigenvalue weighted by Crippen LogP contribution is 2.37. The predicted molar refractivity (Wildman–Crippen MR) is 97.7 cm³/mol. The molecule has 5 heteroatoms. The molecule has 0 aliphatic heterocycles. The van der Waals surface area contributed by atoms with Crippen molar-refractivity contribution in [3.8, 4) is 11.5 Å². The van der Waals surface area contributed by atoms with Gasteiger partial charge in [0.1, 0.15) is 0 Å². The van der Waals surface area contributed by atoms with Crippen LogP contribution in [-0.2, 0) is 0 Å². The molecule has 0 aromatic heterocycles. The van der Waals surface area contributed by atoms with Gasteiger partial charge in [0.05, 0.1) is 18.2 Å². The summed E-state index contributed by atoms with van der Waals surface area (Å²) in [7, 11) is 0. The van der Waals surface area contributed by atoms with Gasteiger partial charge in [-0.25, -0.2) is 0 Å². The maximum absolute atomic E-state index is 12.6. The number of hydrogen-bond donors (Lipinski definition) is 1. The molecule has 0 radical (unpaired) electrons. The van der Waals surface area contributed by atoms with Gasteiger partial charge in [-0.15, -0.1) is 0 Å². The van der Waals surface area contributed by atoms with Gasteiger partial charge in [0.15, 0.2) is 11.5 Å². The standard InChI is InChI=1S/C19H22ClNO3/c1-5-23-17-11-14(10-15(20)18(17)24-6-2)19(22)21-16-9-12(3)7-8-13(16)4/h7-11H,5-6H2,1-4H3,(H,21,22). The molecule has 1 N–H and O–H groups in total. The lowest BCUT2D eigenvalue weighted by Gasteiger charge is -2.15. The fourth-order valence-corrected chi connectivity index (χ4v) is 2.58. The van der Waals surface area contributed by atoms with Crippen LogP contribution in [0, 0.1) is 13.8 Å². The molecule has 0 fully saturated rings. The Labute approximate surface area is 147 Å². The number of amides is 1. The van der Waals surface area contributed by atoms with Crippen LogP contribution in [-0.4, -0.2) is 19.1 Å². The average molecular weight is 348 g/mol. The maximum Gasteiger partial charge on any atom is 0.255 e. The molecule has 0 aliphatic rings. The molecule has 2 aromatic carbocycles. The largest absolute Gasteiger partial charge is 0.490 e. The van der Waals surface area contributed by atoms with Crippen molar-refractivity contribution < 1.29 is 14.3 Å². The van der Waals surface area contributed by atoms with Gasteiger partial charge in [-0.1, -0.05) is 23.7 Å². The minimum Gasteiger partial charge on any atom is -0.490 e. The highest BCUT2D eigenvalue weighted by atomic mass is 35.5. The molecule has 4 nitrogen and oxygen atoms in total. The zero-order chi connectivity index (χ0) is 17.7. The molecule has 0 unspecified atom stereocenters. The normalized spacial score (nSPS) is 10.4. The summed E-state index contributed by atoms with van der Waals surface area (Å²) in [4.78, 5) is 12.6. The van der Waals surface area contributed by atoms with Crippen molar-refractivity contribution in [3.05, 3.63) is 52.0 Å². The fourth-order valence-electron chi connectivity index (χ4n) is 2.31. The monoisotopic (exact) mass is 347 g/mol. The molecule has 2 rings (SSSR count). The molecule has 0 bridgehead atoms. The summed E-state index contributed by atoms with van der Waals surface area (Å²) < 4.78 is 11.1. The second-order valence-corrected chi connectivity index (χ2v) is 5.83. The number of anilines is 1. The molecule has 0 aliphatic carbocycles. The van der Waals surface area contributed by atoms with Gasteiger partial charge in [-0.3, -0.25) is 4.79 Å². The Morgan fingerprint density at radius 2 is 1.79 bits per heavy atom. The Balaban J connectivity index is 2.33. The molecular weight excluding hydrogens is 326 g/mol. The zero-order valence-electron chi connectivity index (χ0n) is 14.4. The molecule has 0 spiro atoms. The second-order valence-electron chi connectivity index (χ2n) is 5.42. The van der Waals surface area contributed by atoms with E-state index in [0.29, 0.717) is 35.3 Å². The van der Waals surface area contributed by atoms with Gasteiger partial charge in [0, 0.05) is 11.3 Å². The Kier molecular flexibility index (Phi) is 6.10. The number of halogens is 1. The highest BCUT2D eigenvalue weighted by molar-refractivity contribution is 6.32. The van der Waals surface area contributed by atoms with Crippen LogP contribution in [0.4, 0.5) is 5.69 Å². The number of nitrogens with one attached hydrogen (secondary N) is 1. The number of benzene rings is 2. The van der Waals surface area contributed by atoms with Crippen LogP contribution >= 0.6 is 11.6 Å². The van der Waals surface area contributed by atoms with Crippen LogP contribution in [0.5, 0.6) is 11.5 Å². The molecule has 0 saturated carbocycles. The molecule has 0 heterocycles. The van der Waals surface area contributed by atoms with Crippen LogP contribution in [0.15, 0.2) is 30.3 Å². The number of carbonyl (C=O) groups excluding carboxylic acids is 1. The zero-order valence-corrected chi connectivity index (χ0v) is 15.2. The molecule has 2 aromatic rings. The first kappa shape index (κ1) is 18.1. The first-order valence-electron chi connectivity index (χ1n) is 7.94. The third kappa shape index (κ3) is 4.20. The number of hydrogen-bond acceptors (Lipinski definition) is 3. The molecule has 1 amide bonds. The van der Waals surface area contributed by atoms with Crippen LogP contribution in [0.2, 0.25) is 5.02 Å². The van der Waals surface area contributed by atoms with Gasteiger partial charge in [-0.05, 0) is 57.0 Å². The number of ether oxygens (including phenoxy) is 2. The first-order chi connectivity index (χ1) is 11.5. The fraction of sp³-hybridized carbons (Fsp3) is 0.316. The Hall–Kier alpha value is -2.20. The molecular formula is C19H22ClNO3. The first-order valence-corrected chi connectivity index (χ1v) is 8.31. The van der Waals surface area contributed by atoms with Crippen molar-refractivity contribution in [3.63, 3.8) is 0 Å². The van der Waals surface area contributed by atoms with Crippen LogP contribution in [0.25, 0.3) is 0 Å². The van der Waals surface area contributed by atoms with Gasteiger partial charge >= 0.3 is 0 Å². The topological polar surface area (TPSA) is 47.6 Å². The van der Waals surface area contributed by atoms with Crippen molar-refractivity contribution in [1.82, 2.24) is 0 Å². The molecule has 24 heavy (non-hydrogen) atoms. The van der Waals surface area contributed by atoms with Gasteiger partial charge in [0.25, 0.3) is 5.91 Å². The molecule has 128 valence electrons. The second kappa shape index (κ2) is 8.06. The summed E-state index contributed by atoms with van der Waals surface area (Å²) in [5, 5.41) is 3.28. The van der Waals surface area contributed by atoms with Crippen molar-refractivity contribution in [2.45, 2.75) is 27.7 Å². The minimum atomic E-state index is -0.241. The van der Waals surface area contributed by atoms with E-state index in [4.69, 9.17) is 21.1 Å². The maximum atomic E-state index is 12.6. The van der Waals surface area contributed by atoms with E-state index in [9.17, 15) is 4.79 Å². The van der Waals surface area contributed by atoms with E-state index in [0.717, 1.165) is 16.8 Å². The predicted octanol–water partition coefficient (Wildman–Crippen LogP) is 5.01. The van der Waals surface area contributed by atoms with Crippen LogP contribution < -0.4 is 14.8 Å². The summed E-state index contributed by atoms with van der Waals surface area (Å²) in [6.07, 6.45) is 0. The Morgan fingerprint density at radius 3 is 2.46 bits per heavy atom. The van der Waals surface area contributed by atoms with E-state index in [-0.39, 0.29) is 5.91 Å². The number of rotatable bonds is 6. The van der Waals surface area contributed by atoms with Crippen molar-refractivity contribution in [1.29, 1.82) is 0 Å². The Bertz CT molecular complexity index is 744. The third-order valence-electron chi connectivity index (χ3n) is 3.50. The summed E-state index contributed by atoms with van der Waals surface area (Å²) in [6.45, 7) is 8.59.